The molecule has 0 unspecified atom stereocenters. The van der Waals surface area contributed by atoms with Gasteiger partial charge in [0.2, 0.25) is 0 Å². The molecule has 3 N–H and O–H groups in total. The van der Waals surface area contributed by atoms with Gasteiger partial charge < -0.3 is 19.5 Å². The van der Waals surface area contributed by atoms with Crippen molar-refractivity contribution < 1.29 is 23.6 Å². The van der Waals surface area contributed by atoms with Crippen LogP contribution in [0.25, 0.3) is 33.4 Å². The van der Waals surface area contributed by atoms with E-state index in [2.05, 4.69) is 15.8 Å². The number of aromatic hydroxyl groups is 1. The van der Waals surface area contributed by atoms with Gasteiger partial charge in [-0.2, -0.15) is 0 Å². The molecule has 1 aliphatic heterocycles. The van der Waals surface area contributed by atoms with Crippen LogP contribution in [-0.4, -0.2) is 26.8 Å². The first kappa shape index (κ1) is 21.6. The van der Waals surface area contributed by atoms with Gasteiger partial charge in [-0.15, -0.1) is 0 Å². The van der Waals surface area contributed by atoms with Crippen molar-refractivity contribution in [3.63, 3.8) is 0 Å². The lowest BCUT2D eigenvalue weighted by atomic mass is 9.89. The van der Waals surface area contributed by atoms with Gasteiger partial charge in [0.25, 0.3) is 5.91 Å². The Morgan fingerprint density at radius 3 is 2.47 bits per heavy atom. The average Bonchev–Trinajstić information content (AvgIpc) is 3.57. The van der Waals surface area contributed by atoms with Crippen molar-refractivity contribution in [2.45, 2.75) is 12.1 Å². The fourth-order valence-corrected chi connectivity index (χ4v) is 4.57. The molecule has 0 saturated carbocycles. The molecule has 0 aliphatic carbocycles. The van der Waals surface area contributed by atoms with E-state index < -0.39 is 23.3 Å². The first-order chi connectivity index (χ1) is 17.4. The molecule has 0 spiro atoms. The predicted octanol–water partition coefficient (Wildman–Crippen LogP) is 4.54. The van der Waals surface area contributed by atoms with E-state index in [4.69, 9.17) is 4.52 Å². The molecular formula is C27H19FN4O4. The van der Waals surface area contributed by atoms with Crippen molar-refractivity contribution in [1.29, 1.82) is 0 Å². The quantitative estimate of drug-likeness (QED) is 0.319. The van der Waals surface area contributed by atoms with Crippen LogP contribution in [0.4, 0.5) is 9.18 Å². The number of carbonyl (C=O) groups excluding carboxylic acids is 2. The monoisotopic (exact) mass is 482 g/mol. The molecule has 36 heavy (non-hydrogen) atoms. The third kappa shape index (κ3) is 3.49. The van der Waals surface area contributed by atoms with Crippen molar-refractivity contribution in [1.82, 2.24) is 20.4 Å². The van der Waals surface area contributed by atoms with Gasteiger partial charge in [-0.1, -0.05) is 59.8 Å². The number of imide groups is 1. The highest BCUT2D eigenvalue weighted by Crippen LogP contribution is 2.35. The number of urea groups is 1. The largest absolute Gasteiger partial charge is 0.494 e. The Morgan fingerprint density at radius 2 is 1.75 bits per heavy atom. The van der Waals surface area contributed by atoms with E-state index in [1.807, 2.05) is 36.4 Å². The fraction of sp³-hybridized carbons (Fsp3) is 0.0741. The molecule has 8 nitrogen and oxygen atoms in total. The Morgan fingerprint density at radius 1 is 0.972 bits per heavy atom. The van der Waals surface area contributed by atoms with Crippen LogP contribution in [0.2, 0.25) is 0 Å². The highest BCUT2D eigenvalue weighted by atomic mass is 19.1. The van der Waals surface area contributed by atoms with Gasteiger partial charge in [-0.25, -0.2) is 9.18 Å². The molecule has 2 aromatic heterocycles. The summed E-state index contributed by atoms with van der Waals surface area (Å²) in [7, 11) is 0. The van der Waals surface area contributed by atoms with E-state index >= 15 is 0 Å². The van der Waals surface area contributed by atoms with Crippen LogP contribution in [0.5, 0.6) is 5.88 Å². The predicted molar refractivity (Wildman–Crippen MR) is 129 cm³/mol. The van der Waals surface area contributed by atoms with Crippen molar-refractivity contribution in [2.75, 3.05) is 0 Å². The van der Waals surface area contributed by atoms with E-state index in [0.29, 0.717) is 27.8 Å². The summed E-state index contributed by atoms with van der Waals surface area (Å²) in [5.41, 5.74) is 1.36. The fourth-order valence-electron chi connectivity index (χ4n) is 4.57. The van der Waals surface area contributed by atoms with Gasteiger partial charge in [0.1, 0.15) is 11.5 Å². The third-order valence-corrected chi connectivity index (χ3v) is 6.41. The molecule has 3 heterocycles. The molecule has 5 aromatic rings. The standard InChI is InChI=1S/C27H19FN4O4/c28-20-11-8-18-14-32(24(33)21(18)12-20)15-27(25(34)29-26(35)30-27)19-9-6-17(7-10-19)23-13-22(31-36-23)16-4-2-1-3-5-16/h1-14,33H,15H2,(H2,29,30,34,35)/t27-/m0/s1. The number of fused-ring (bicyclic) bond motifs is 1. The van der Waals surface area contributed by atoms with E-state index in [1.165, 1.54) is 22.8 Å². The third-order valence-electron chi connectivity index (χ3n) is 6.41. The Kier molecular flexibility index (Phi) is 4.85. The van der Waals surface area contributed by atoms with Crippen molar-refractivity contribution >= 4 is 22.7 Å². The molecule has 1 saturated heterocycles. The lowest BCUT2D eigenvalue weighted by Gasteiger charge is -2.27. The average molecular weight is 482 g/mol. The van der Waals surface area contributed by atoms with Crippen LogP contribution in [0.1, 0.15) is 5.56 Å². The number of rotatable bonds is 5. The number of nitrogens with one attached hydrogen (secondary N) is 2. The number of carbonyl (C=O) groups is 2. The zero-order valence-corrected chi connectivity index (χ0v) is 18.7. The van der Waals surface area contributed by atoms with Crippen LogP contribution in [0.15, 0.2) is 89.6 Å². The maximum Gasteiger partial charge on any atom is 0.322 e. The van der Waals surface area contributed by atoms with E-state index in [-0.39, 0.29) is 12.4 Å². The van der Waals surface area contributed by atoms with Crippen LogP contribution in [-0.2, 0) is 16.9 Å². The summed E-state index contributed by atoms with van der Waals surface area (Å²) in [6.07, 6.45) is 1.61. The van der Waals surface area contributed by atoms with Crippen LogP contribution < -0.4 is 10.6 Å². The normalized spacial score (nSPS) is 17.4. The second kappa shape index (κ2) is 8.09. The molecule has 6 rings (SSSR count). The van der Waals surface area contributed by atoms with E-state index in [0.717, 1.165) is 11.1 Å². The van der Waals surface area contributed by atoms with Crippen molar-refractivity contribution in [2.24, 2.45) is 0 Å². The molecule has 1 atom stereocenters. The number of aromatic nitrogens is 2. The zero-order chi connectivity index (χ0) is 24.9. The van der Waals surface area contributed by atoms with E-state index in [1.54, 1.807) is 30.5 Å². The minimum absolute atomic E-state index is 0.105. The van der Waals surface area contributed by atoms with E-state index in [9.17, 15) is 19.1 Å². The van der Waals surface area contributed by atoms with Gasteiger partial charge in [0.15, 0.2) is 17.2 Å². The summed E-state index contributed by atoms with van der Waals surface area (Å²) in [5.74, 6) is -0.708. The van der Waals surface area contributed by atoms with Gasteiger partial charge >= 0.3 is 6.03 Å². The molecular weight excluding hydrogens is 463 g/mol. The molecule has 9 heteroatoms. The second-order valence-electron chi connectivity index (χ2n) is 8.65. The first-order valence-corrected chi connectivity index (χ1v) is 11.2. The van der Waals surface area contributed by atoms with Gasteiger partial charge in [-0.3, -0.25) is 10.1 Å². The lowest BCUT2D eigenvalue weighted by molar-refractivity contribution is -0.124. The summed E-state index contributed by atoms with van der Waals surface area (Å²) in [5, 5.41) is 20.7. The maximum absolute atomic E-state index is 13.7. The Hall–Kier alpha value is -4.92. The summed E-state index contributed by atoms with van der Waals surface area (Å²) < 4.78 is 20.7. The summed E-state index contributed by atoms with van der Waals surface area (Å²) in [6.45, 7) is -0.105. The van der Waals surface area contributed by atoms with Crippen molar-refractivity contribution in [3.05, 3.63) is 96.4 Å². The first-order valence-electron chi connectivity index (χ1n) is 11.2. The molecule has 178 valence electrons. The second-order valence-corrected chi connectivity index (χ2v) is 8.65. The lowest BCUT2D eigenvalue weighted by Crippen LogP contribution is -2.47. The van der Waals surface area contributed by atoms with Crippen molar-refractivity contribution in [3.8, 4) is 28.5 Å². The Balaban J connectivity index is 1.36. The van der Waals surface area contributed by atoms with Gasteiger partial charge in [-0.05, 0) is 23.8 Å². The van der Waals surface area contributed by atoms with Crippen LogP contribution in [0, 0.1) is 5.82 Å². The van der Waals surface area contributed by atoms with Crippen LogP contribution >= 0.6 is 0 Å². The minimum Gasteiger partial charge on any atom is -0.494 e. The Bertz CT molecular complexity index is 1630. The van der Waals surface area contributed by atoms with Gasteiger partial charge in [0, 0.05) is 34.2 Å². The summed E-state index contributed by atoms with van der Waals surface area (Å²) in [4.78, 5) is 25.2. The zero-order valence-electron chi connectivity index (χ0n) is 18.7. The molecule has 0 bridgehead atoms. The maximum atomic E-state index is 13.7. The molecule has 0 radical (unpaired) electrons. The number of hydrogen-bond donors (Lipinski definition) is 3. The molecule has 1 aliphatic rings. The number of amides is 3. The number of hydrogen-bond acceptors (Lipinski definition) is 5. The molecule has 1 fully saturated rings. The molecule has 3 amide bonds. The highest BCUT2D eigenvalue weighted by molar-refractivity contribution is 6.07. The number of benzene rings is 3. The number of halogens is 1. The van der Waals surface area contributed by atoms with Crippen LogP contribution in [0.3, 0.4) is 0 Å². The summed E-state index contributed by atoms with van der Waals surface area (Å²) >= 11 is 0. The van der Waals surface area contributed by atoms with Gasteiger partial charge in [0.05, 0.1) is 6.54 Å². The Labute approximate surface area is 204 Å². The minimum atomic E-state index is -1.49. The highest BCUT2D eigenvalue weighted by Gasteiger charge is 2.48. The molecule has 3 aromatic carbocycles. The smallest absolute Gasteiger partial charge is 0.322 e. The summed E-state index contributed by atoms with van der Waals surface area (Å²) in [6, 6.07) is 21.8. The SMILES string of the molecule is O=C1NC(=O)[C@](Cn2cc3ccc(F)cc3c2O)(c2ccc(-c3cc(-c4ccccc4)no3)cc2)N1. The number of nitrogens with zero attached hydrogens (tertiary/aromatic N) is 2. The topological polar surface area (TPSA) is 109 Å².